The van der Waals surface area contributed by atoms with Crippen LogP contribution in [-0.4, -0.2) is 59.1 Å². The molecule has 1 atom stereocenters. The van der Waals surface area contributed by atoms with Crippen LogP contribution in [0.4, 0.5) is 14.9 Å². The van der Waals surface area contributed by atoms with Gasteiger partial charge in [-0.15, -0.1) is 0 Å². The smallest absolute Gasteiger partial charge is 0.407 e. The SMILES string of the molecule is CN(C(=O)c1ccc(Oc2ccc(F)cc2)cc1)c1ccc(CN2CCN(C(=O)O)[C@@](C)(C(C)(C)C)C2)cc1. The lowest BCUT2D eigenvalue weighted by Crippen LogP contribution is -2.67. The second kappa shape index (κ2) is 11.1. The summed E-state index contributed by atoms with van der Waals surface area (Å²) in [6.07, 6.45) is -0.876. The molecule has 1 aliphatic heterocycles. The highest BCUT2D eigenvalue weighted by Gasteiger charge is 2.48. The lowest BCUT2D eigenvalue weighted by Gasteiger charge is -2.54. The Hall–Kier alpha value is -3.91. The number of carbonyl (C=O) groups excluding carboxylic acids is 1. The third-order valence-corrected chi connectivity index (χ3v) is 7.80. The first kappa shape index (κ1) is 28.1. The molecule has 4 rings (SSSR count). The molecule has 39 heavy (non-hydrogen) atoms. The van der Waals surface area contributed by atoms with E-state index in [1.807, 2.05) is 31.2 Å². The number of hydrogen-bond donors (Lipinski definition) is 1. The molecule has 0 spiro atoms. The van der Waals surface area contributed by atoms with Crippen LogP contribution in [-0.2, 0) is 6.54 Å². The number of carboxylic acid groups (broad SMARTS) is 1. The Kier molecular flexibility index (Phi) is 7.97. The zero-order valence-corrected chi connectivity index (χ0v) is 23.1. The van der Waals surface area contributed by atoms with Gasteiger partial charge in [0.2, 0.25) is 0 Å². The number of nitrogens with zero attached hydrogens (tertiary/aromatic N) is 3. The van der Waals surface area contributed by atoms with Crippen LogP contribution in [0, 0.1) is 11.2 Å². The summed E-state index contributed by atoms with van der Waals surface area (Å²) in [6, 6.07) is 20.5. The van der Waals surface area contributed by atoms with Crippen molar-refractivity contribution in [3.8, 4) is 11.5 Å². The van der Waals surface area contributed by atoms with Crippen LogP contribution in [0.2, 0.25) is 0 Å². The topological polar surface area (TPSA) is 73.3 Å². The van der Waals surface area contributed by atoms with E-state index in [4.69, 9.17) is 4.74 Å². The molecule has 0 bridgehead atoms. The van der Waals surface area contributed by atoms with E-state index in [0.717, 1.165) is 11.3 Å². The van der Waals surface area contributed by atoms with Gasteiger partial charge >= 0.3 is 6.09 Å². The van der Waals surface area contributed by atoms with Gasteiger partial charge in [0.25, 0.3) is 5.91 Å². The van der Waals surface area contributed by atoms with Crippen molar-refractivity contribution in [2.24, 2.45) is 5.41 Å². The fraction of sp³-hybridized carbons (Fsp3) is 0.355. The largest absolute Gasteiger partial charge is 0.465 e. The van der Waals surface area contributed by atoms with Crippen LogP contribution in [0.5, 0.6) is 11.5 Å². The van der Waals surface area contributed by atoms with Gasteiger partial charge in [-0.1, -0.05) is 32.9 Å². The van der Waals surface area contributed by atoms with Crippen LogP contribution >= 0.6 is 0 Å². The Morgan fingerprint density at radius 3 is 2.05 bits per heavy atom. The first-order valence-electron chi connectivity index (χ1n) is 13.0. The third-order valence-electron chi connectivity index (χ3n) is 7.80. The van der Waals surface area contributed by atoms with Gasteiger partial charge in [0.05, 0.1) is 5.54 Å². The van der Waals surface area contributed by atoms with Crippen molar-refractivity contribution in [2.45, 2.75) is 39.8 Å². The molecule has 1 N–H and O–H groups in total. The highest BCUT2D eigenvalue weighted by molar-refractivity contribution is 6.05. The quantitative estimate of drug-likeness (QED) is 0.392. The normalized spacial score (nSPS) is 18.1. The number of halogens is 1. The summed E-state index contributed by atoms with van der Waals surface area (Å²) >= 11 is 0. The highest BCUT2D eigenvalue weighted by Crippen LogP contribution is 2.38. The maximum absolute atomic E-state index is 13.1. The van der Waals surface area contributed by atoms with Crippen LogP contribution in [0.15, 0.2) is 72.8 Å². The molecule has 2 amide bonds. The fourth-order valence-electron chi connectivity index (χ4n) is 4.87. The van der Waals surface area contributed by atoms with Gasteiger partial charge in [-0.25, -0.2) is 9.18 Å². The molecule has 1 aliphatic rings. The number of piperazine rings is 1. The maximum Gasteiger partial charge on any atom is 0.407 e. The Labute approximate surface area is 229 Å². The average Bonchev–Trinajstić information content (AvgIpc) is 2.89. The Morgan fingerprint density at radius 2 is 1.51 bits per heavy atom. The summed E-state index contributed by atoms with van der Waals surface area (Å²) in [4.78, 5) is 30.5. The molecule has 1 heterocycles. The zero-order chi connectivity index (χ0) is 28.4. The minimum Gasteiger partial charge on any atom is -0.465 e. The van der Waals surface area contributed by atoms with Gasteiger partial charge in [-0.2, -0.15) is 0 Å². The molecule has 0 saturated carbocycles. The lowest BCUT2D eigenvalue weighted by atomic mass is 9.72. The molecular formula is C31H36FN3O4. The molecule has 0 aliphatic carbocycles. The number of anilines is 1. The van der Waals surface area contributed by atoms with Crippen LogP contribution in [0.3, 0.4) is 0 Å². The molecule has 3 aromatic rings. The number of rotatable bonds is 6. The van der Waals surface area contributed by atoms with Crippen molar-refractivity contribution in [2.75, 3.05) is 31.6 Å². The van der Waals surface area contributed by atoms with Crippen molar-refractivity contribution >= 4 is 17.7 Å². The molecule has 0 unspecified atom stereocenters. The number of benzene rings is 3. The van der Waals surface area contributed by atoms with Crippen molar-refractivity contribution in [1.82, 2.24) is 9.80 Å². The van der Waals surface area contributed by atoms with E-state index < -0.39 is 11.6 Å². The predicted molar refractivity (Wildman–Crippen MR) is 150 cm³/mol. The fourth-order valence-corrected chi connectivity index (χ4v) is 4.87. The molecule has 3 aromatic carbocycles. The molecule has 8 heteroatoms. The summed E-state index contributed by atoms with van der Waals surface area (Å²) in [5, 5.41) is 9.76. The molecule has 1 fully saturated rings. The minimum atomic E-state index is -0.876. The summed E-state index contributed by atoms with van der Waals surface area (Å²) in [6.45, 7) is 10.8. The van der Waals surface area contributed by atoms with E-state index in [1.165, 1.54) is 12.1 Å². The standard InChI is InChI=1S/C31H36FN3O4/c1-30(2,3)31(4)21-34(18-19-35(31)29(37)38)20-22-6-12-25(13-7-22)33(5)28(36)23-8-14-26(15-9-23)39-27-16-10-24(32)11-17-27/h6-17H,18-21H2,1-5H3,(H,37,38)/t31-/m1/s1. The van der Waals surface area contributed by atoms with Crippen molar-refractivity contribution in [1.29, 1.82) is 0 Å². The van der Waals surface area contributed by atoms with Gasteiger partial charge in [-0.3, -0.25) is 14.6 Å². The van der Waals surface area contributed by atoms with Gasteiger partial charge in [0.15, 0.2) is 0 Å². The van der Waals surface area contributed by atoms with E-state index >= 15 is 0 Å². The summed E-state index contributed by atoms with van der Waals surface area (Å²) < 4.78 is 18.8. The van der Waals surface area contributed by atoms with Crippen molar-refractivity contribution in [3.63, 3.8) is 0 Å². The third kappa shape index (κ3) is 6.23. The Bertz CT molecular complexity index is 1300. The average molecular weight is 534 g/mol. The van der Waals surface area contributed by atoms with E-state index in [1.54, 1.807) is 53.2 Å². The Morgan fingerprint density at radius 1 is 0.949 bits per heavy atom. The second-order valence-electron chi connectivity index (χ2n) is 11.3. The maximum atomic E-state index is 13.1. The van der Waals surface area contributed by atoms with Gasteiger partial charge in [-0.05, 0) is 78.6 Å². The van der Waals surface area contributed by atoms with Crippen LogP contribution in [0.1, 0.15) is 43.6 Å². The number of amides is 2. The summed E-state index contributed by atoms with van der Waals surface area (Å²) in [5.41, 5.74) is 1.66. The monoisotopic (exact) mass is 533 g/mol. The second-order valence-corrected chi connectivity index (χ2v) is 11.3. The summed E-state index contributed by atoms with van der Waals surface area (Å²) in [5.74, 6) is 0.583. The van der Waals surface area contributed by atoms with E-state index in [-0.39, 0.29) is 17.1 Å². The van der Waals surface area contributed by atoms with Crippen LogP contribution in [0.25, 0.3) is 0 Å². The number of hydrogen-bond acceptors (Lipinski definition) is 4. The van der Waals surface area contributed by atoms with Crippen LogP contribution < -0.4 is 9.64 Å². The molecule has 206 valence electrons. The lowest BCUT2D eigenvalue weighted by molar-refractivity contribution is -0.0462. The molecular weight excluding hydrogens is 497 g/mol. The molecule has 7 nitrogen and oxygen atoms in total. The summed E-state index contributed by atoms with van der Waals surface area (Å²) in [7, 11) is 1.74. The van der Waals surface area contributed by atoms with Gasteiger partial charge < -0.3 is 14.7 Å². The Balaban J connectivity index is 1.38. The van der Waals surface area contributed by atoms with E-state index in [2.05, 4.69) is 25.7 Å². The van der Waals surface area contributed by atoms with Gasteiger partial charge in [0.1, 0.15) is 17.3 Å². The molecule has 0 aromatic heterocycles. The molecule has 0 radical (unpaired) electrons. The zero-order valence-electron chi connectivity index (χ0n) is 23.1. The highest BCUT2D eigenvalue weighted by atomic mass is 19.1. The molecule has 1 saturated heterocycles. The first-order valence-corrected chi connectivity index (χ1v) is 13.0. The first-order chi connectivity index (χ1) is 18.4. The van der Waals surface area contributed by atoms with Gasteiger partial charge in [0, 0.05) is 44.5 Å². The number of carbonyl (C=O) groups is 2. The number of ether oxygens (including phenoxy) is 1. The van der Waals surface area contributed by atoms with E-state index in [0.29, 0.717) is 43.2 Å². The predicted octanol–water partition coefficient (Wildman–Crippen LogP) is 6.50. The van der Waals surface area contributed by atoms with E-state index in [9.17, 15) is 19.1 Å². The van der Waals surface area contributed by atoms with Crippen molar-refractivity contribution in [3.05, 3.63) is 89.7 Å². The van der Waals surface area contributed by atoms with Crippen molar-refractivity contribution < 1.29 is 23.8 Å². The minimum absolute atomic E-state index is 0.151.